The molecule has 0 aromatic heterocycles. The predicted octanol–water partition coefficient (Wildman–Crippen LogP) is 4.25. The van der Waals surface area contributed by atoms with Gasteiger partial charge in [0.05, 0.1) is 5.84 Å². The predicted molar refractivity (Wildman–Crippen MR) is 108 cm³/mol. The van der Waals surface area contributed by atoms with Crippen molar-refractivity contribution in [3.05, 3.63) is 39.9 Å². The average Bonchev–Trinajstić information content (AvgIpc) is 2.48. The molecule has 146 valence electrons. The van der Waals surface area contributed by atoms with Crippen molar-refractivity contribution in [1.82, 2.24) is 10.2 Å². The average molecular weight is 415 g/mol. The third kappa shape index (κ3) is 5.46. The van der Waals surface area contributed by atoms with Crippen LogP contribution in [0.3, 0.4) is 0 Å². The maximum Gasteiger partial charge on any atom is 0.324 e. The Morgan fingerprint density at radius 3 is 2.52 bits per heavy atom. The number of nitrogens with two attached hydrogens (primary N) is 1. The first kappa shape index (κ1) is 21.2. The molecule has 1 heterocycles. The first-order chi connectivity index (χ1) is 12.5. The number of likely N-dealkylation sites (tertiary alicyclic amines) is 1. The van der Waals surface area contributed by atoms with Gasteiger partial charge in [0.25, 0.3) is 0 Å². The normalized spacial score (nSPS) is 18.5. The van der Waals surface area contributed by atoms with Crippen LogP contribution in [0.5, 0.6) is 0 Å². The van der Waals surface area contributed by atoms with Crippen LogP contribution < -0.4 is 11.1 Å². The Morgan fingerprint density at radius 1 is 1.41 bits per heavy atom. The number of thiocarbonyl (C=S) groups is 1. The van der Waals surface area contributed by atoms with Gasteiger partial charge in [-0.05, 0) is 64.0 Å². The molecule has 1 fully saturated rings. The molecule has 1 aromatic rings. The van der Waals surface area contributed by atoms with E-state index in [0.717, 1.165) is 17.7 Å². The molecule has 0 bridgehead atoms. The summed E-state index contributed by atoms with van der Waals surface area (Å²) in [4.78, 5) is 17.9. The Morgan fingerprint density at radius 2 is 2.00 bits per heavy atom. The highest BCUT2D eigenvalue weighted by Gasteiger charge is 2.35. The number of carbonyl (C=O) groups excluding carboxylic acids is 1. The number of hydrogen-bond acceptors (Lipinski definition) is 2. The molecule has 1 saturated heterocycles. The van der Waals surface area contributed by atoms with Crippen LogP contribution in [0.15, 0.2) is 22.7 Å². The minimum absolute atomic E-state index is 0.00492. The molecule has 5 nitrogen and oxygen atoms in total. The Bertz CT molecular complexity index is 812. The molecule has 0 saturated carbocycles. The molecule has 0 spiro atoms. The van der Waals surface area contributed by atoms with Gasteiger partial charge < -0.3 is 10.6 Å². The summed E-state index contributed by atoms with van der Waals surface area (Å²) in [5.41, 5.74) is 5.58. The monoisotopic (exact) mass is 414 g/mol. The van der Waals surface area contributed by atoms with Crippen LogP contribution in [-0.2, 0) is 0 Å². The fourth-order valence-corrected chi connectivity index (χ4v) is 3.46. The number of nitrogens with zero attached hydrogens (tertiary/aromatic N) is 2. The molecule has 3 N–H and O–H groups in total. The van der Waals surface area contributed by atoms with Gasteiger partial charge in [-0.3, -0.25) is 5.32 Å². The Hall–Kier alpha value is -2.06. The molecule has 0 unspecified atom stereocenters. The fraction of sp³-hybridized carbons (Fsp3) is 0.389. The van der Waals surface area contributed by atoms with E-state index in [1.165, 1.54) is 6.08 Å². The van der Waals surface area contributed by atoms with Gasteiger partial charge in [-0.25, -0.2) is 18.6 Å². The molecular formula is C18H21ClF2N4OS. The lowest BCUT2D eigenvalue weighted by atomic mass is 9.86. The standard InChI is InChI=1S/C18H21ClF2N4OS/c1-10(22)23-16(27)24-17(26)25-5-4-11(9-18(25,2)3)6-13-14(20)7-12(19)8-15(13)21/h6-8H,4-5,9H2,1-3H3,(H3,22,23,24,26,27)/b11-6-. The Kier molecular flexibility index (Phi) is 6.54. The third-order valence-electron chi connectivity index (χ3n) is 4.18. The van der Waals surface area contributed by atoms with Gasteiger partial charge in [0.2, 0.25) is 5.11 Å². The number of benzene rings is 1. The lowest BCUT2D eigenvalue weighted by Crippen LogP contribution is -2.55. The van der Waals surface area contributed by atoms with E-state index in [4.69, 9.17) is 29.6 Å². The topological polar surface area (TPSA) is 70.7 Å². The molecule has 1 aliphatic rings. The molecule has 2 amide bonds. The van der Waals surface area contributed by atoms with Gasteiger partial charge in [0, 0.05) is 22.7 Å². The van der Waals surface area contributed by atoms with Crippen LogP contribution in [0.25, 0.3) is 6.08 Å². The number of amides is 2. The zero-order valence-electron chi connectivity index (χ0n) is 15.3. The third-order valence-corrected chi connectivity index (χ3v) is 4.59. The minimum atomic E-state index is -0.717. The van der Waals surface area contributed by atoms with Crippen LogP contribution in [-0.4, -0.2) is 34.0 Å². The number of hydrogen-bond donors (Lipinski definition) is 2. The van der Waals surface area contributed by atoms with Gasteiger partial charge in [-0.2, -0.15) is 0 Å². The summed E-state index contributed by atoms with van der Waals surface area (Å²) in [6.45, 7) is 5.67. The van der Waals surface area contributed by atoms with E-state index in [0.29, 0.717) is 19.4 Å². The molecule has 0 aliphatic carbocycles. The lowest BCUT2D eigenvalue weighted by Gasteiger charge is -2.43. The highest BCUT2D eigenvalue weighted by Crippen LogP contribution is 2.33. The van der Waals surface area contributed by atoms with Crippen LogP contribution in [0, 0.1) is 11.6 Å². The number of nitrogens with one attached hydrogen (secondary N) is 1. The van der Waals surface area contributed by atoms with E-state index in [2.05, 4.69) is 10.3 Å². The molecule has 27 heavy (non-hydrogen) atoms. The SMILES string of the molecule is C/C(N)=N/C(=S)NC(=O)N1CC/C(=C/c2c(F)cc(Cl)cc2F)CC1(C)C. The van der Waals surface area contributed by atoms with Crippen molar-refractivity contribution >= 4 is 46.9 Å². The molecule has 0 radical (unpaired) electrons. The van der Waals surface area contributed by atoms with E-state index < -0.39 is 23.2 Å². The van der Waals surface area contributed by atoms with Gasteiger partial charge >= 0.3 is 6.03 Å². The van der Waals surface area contributed by atoms with Crippen molar-refractivity contribution in [1.29, 1.82) is 0 Å². The summed E-state index contributed by atoms with van der Waals surface area (Å²) in [7, 11) is 0. The first-order valence-corrected chi connectivity index (χ1v) is 9.05. The number of rotatable bonds is 1. The van der Waals surface area contributed by atoms with Crippen molar-refractivity contribution in [3.63, 3.8) is 0 Å². The molecule has 1 aliphatic heterocycles. The fourth-order valence-electron chi connectivity index (χ4n) is 3.04. The zero-order valence-corrected chi connectivity index (χ0v) is 16.8. The van der Waals surface area contributed by atoms with Crippen molar-refractivity contribution in [2.75, 3.05) is 6.54 Å². The van der Waals surface area contributed by atoms with Crippen LogP contribution >= 0.6 is 23.8 Å². The number of halogens is 3. The molecule has 9 heteroatoms. The second-order valence-electron chi connectivity index (χ2n) is 6.97. The number of aliphatic imine (C=N–C) groups is 1. The number of piperidine rings is 1. The zero-order chi connectivity index (χ0) is 20.4. The maximum absolute atomic E-state index is 14.0. The van der Waals surface area contributed by atoms with E-state index in [1.54, 1.807) is 11.8 Å². The summed E-state index contributed by atoms with van der Waals surface area (Å²) < 4.78 is 28.1. The van der Waals surface area contributed by atoms with Crippen molar-refractivity contribution < 1.29 is 13.6 Å². The van der Waals surface area contributed by atoms with Crippen LogP contribution in [0.1, 0.15) is 39.2 Å². The lowest BCUT2D eigenvalue weighted by molar-refractivity contribution is 0.125. The first-order valence-electron chi connectivity index (χ1n) is 8.27. The minimum Gasteiger partial charge on any atom is -0.387 e. The number of urea groups is 1. The van der Waals surface area contributed by atoms with Gasteiger partial charge in [0.1, 0.15) is 11.6 Å². The van der Waals surface area contributed by atoms with E-state index in [1.807, 2.05) is 13.8 Å². The number of carbonyl (C=O) groups is 1. The second-order valence-corrected chi connectivity index (χ2v) is 7.79. The quantitative estimate of drug-likeness (QED) is 0.410. The highest BCUT2D eigenvalue weighted by atomic mass is 35.5. The molecular weight excluding hydrogens is 394 g/mol. The van der Waals surface area contributed by atoms with E-state index >= 15 is 0 Å². The van der Waals surface area contributed by atoms with Crippen LogP contribution in [0.4, 0.5) is 13.6 Å². The van der Waals surface area contributed by atoms with E-state index in [9.17, 15) is 13.6 Å². The second kappa shape index (κ2) is 8.31. The summed E-state index contributed by atoms with van der Waals surface area (Å²) in [5.74, 6) is -1.19. The summed E-state index contributed by atoms with van der Waals surface area (Å²) >= 11 is 10.6. The van der Waals surface area contributed by atoms with Crippen molar-refractivity contribution in [2.45, 2.75) is 39.2 Å². The smallest absolute Gasteiger partial charge is 0.324 e. The maximum atomic E-state index is 14.0. The molecule has 1 aromatic carbocycles. The van der Waals surface area contributed by atoms with Crippen molar-refractivity contribution in [3.8, 4) is 0 Å². The number of amidine groups is 1. The molecule has 2 rings (SSSR count). The molecule has 0 atom stereocenters. The largest absolute Gasteiger partial charge is 0.387 e. The summed E-state index contributed by atoms with van der Waals surface area (Å²) in [6.07, 6.45) is 2.42. The van der Waals surface area contributed by atoms with Gasteiger partial charge in [-0.1, -0.05) is 17.2 Å². The Labute approximate surface area is 167 Å². The van der Waals surface area contributed by atoms with E-state index in [-0.39, 0.29) is 21.5 Å². The highest BCUT2D eigenvalue weighted by molar-refractivity contribution is 7.80. The van der Waals surface area contributed by atoms with Gasteiger partial charge in [0.15, 0.2) is 0 Å². The van der Waals surface area contributed by atoms with Crippen molar-refractivity contribution in [2.24, 2.45) is 10.7 Å². The van der Waals surface area contributed by atoms with Gasteiger partial charge in [-0.15, -0.1) is 0 Å². The van der Waals surface area contributed by atoms with Crippen LogP contribution in [0.2, 0.25) is 5.02 Å². The summed E-state index contributed by atoms with van der Waals surface area (Å²) in [5, 5.41) is 2.52. The summed E-state index contributed by atoms with van der Waals surface area (Å²) in [6, 6.07) is 1.76. The Balaban J connectivity index is 2.17.